The van der Waals surface area contributed by atoms with E-state index in [-0.39, 0.29) is 18.1 Å². The lowest BCUT2D eigenvalue weighted by atomic mass is 10.1. The van der Waals surface area contributed by atoms with Gasteiger partial charge in [0.1, 0.15) is 12.3 Å². The van der Waals surface area contributed by atoms with Crippen LogP contribution in [0.3, 0.4) is 0 Å². The van der Waals surface area contributed by atoms with Crippen molar-refractivity contribution in [2.24, 2.45) is 10.7 Å². The highest BCUT2D eigenvalue weighted by atomic mass is 16.5. The number of hydrogen-bond donors (Lipinski definition) is 2. The van der Waals surface area contributed by atoms with Crippen LogP contribution in [-0.2, 0) is 17.9 Å². The molecular weight excluding hydrogens is 372 g/mol. The highest BCUT2D eigenvalue weighted by molar-refractivity contribution is 6.07. The van der Waals surface area contributed by atoms with E-state index in [1.165, 1.54) is 17.3 Å². The number of anilines is 1. The number of allylic oxidation sites excluding steroid dienone is 1. The summed E-state index contributed by atoms with van der Waals surface area (Å²) >= 11 is 0. The lowest BCUT2D eigenvalue weighted by Gasteiger charge is -2.18. The van der Waals surface area contributed by atoms with Gasteiger partial charge in [-0.25, -0.2) is 9.69 Å². The van der Waals surface area contributed by atoms with Crippen molar-refractivity contribution in [3.8, 4) is 0 Å². The zero-order valence-electron chi connectivity index (χ0n) is 16.7. The standard InChI is InChI=1S/C20H24N6O3/c1-13-17(14(2)29-24-13)10-23-9-16(8-21)26-19(27)12-25(20(26)28)11-15-6-4-5-7-18(15)22-3/h4-9,22H,10-12,21H2,1-3H3. The highest BCUT2D eigenvalue weighted by Crippen LogP contribution is 2.22. The second-order valence-corrected chi connectivity index (χ2v) is 6.64. The minimum Gasteiger partial charge on any atom is -0.403 e. The summed E-state index contributed by atoms with van der Waals surface area (Å²) in [7, 11) is 1.81. The molecule has 1 fully saturated rings. The second-order valence-electron chi connectivity index (χ2n) is 6.64. The predicted molar refractivity (Wildman–Crippen MR) is 109 cm³/mol. The summed E-state index contributed by atoms with van der Waals surface area (Å²) in [5, 5.41) is 6.97. The minimum atomic E-state index is -0.429. The molecule has 3 amide bonds. The number of nitrogens with two attached hydrogens (primary N) is 1. The number of amides is 3. The van der Waals surface area contributed by atoms with Crippen molar-refractivity contribution in [1.29, 1.82) is 0 Å². The fraction of sp³-hybridized carbons (Fsp3) is 0.300. The Balaban J connectivity index is 1.73. The Bertz CT molecular complexity index is 959. The van der Waals surface area contributed by atoms with Crippen molar-refractivity contribution >= 4 is 23.8 Å². The number of nitrogens with zero attached hydrogens (tertiary/aromatic N) is 4. The first-order valence-corrected chi connectivity index (χ1v) is 9.17. The first-order valence-electron chi connectivity index (χ1n) is 9.17. The molecule has 9 heteroatoms. The number of carbonyl (C=O) groups is 2. The minimum absolute atomic E-state index is 0.0219. The van der Waals surface area contributed by atoms with Crippen LogP contribution in [0.15, 0.2) is 45.7 Å². The normalized spacial score (nSPS) is 15.1. The van der Waals surface area contributed by atoms with Gasteiger partial charge in [0.15, 0.2) is 0 Å². The van der Waals surface area contributed by atoms with Crippen LogP contribution in [-0.4, -0.2) is 46.7 Å². The Kier molecular flexibility index (Phi) is 5.96. The van der Waals surface area contributed by atoms with Crippen molar-refractivity contribution < 1.29 is 14.1 Å². The number of aliphatic imine (C=N–C) groups is 1. The fourth-order valence-corrected chi connectivity index (χ4v) is 3.17. The third kappa shape index (κ3) is 4.13. The Morgan fingerprint density at radius 1 is 1.34 bits per heavy atom. The van der Waals surface area contributed by atoms with Gasteiger partial charge in [0.25, 0.3) is 5.91 Å². The molecule has 29 heavy (non-hydrogen) atoms. The van der Waals surface area contributed by atoms with E-state index in [2.05, 4.69) is 15.5 Å². The monoisotopic (exact) mass is 396 g/mol. The molecule has 1 aromatic heterocycles. The van der Waals surface area contributed by atoms with Gasteiger partial charge in [-0.05, 0) is 25.5 Å². The van der Waals surface area contributed by atoms with Gasteiger partial charge in [-0.3, -0.25) is 9.79 Å². The largest absolute Gasteiger partial charge is 0.403 e. The average molecular weight is 396 g/mol. The van der Waals surface area contributed by atoms with E-state index in [0.29, 0.717) is 18.8 Å². The lowest BCUT2D eigenvalue weighted by Crippen LogP contribution is -2.33. The maximum absolute atomic E-state index is 12.8. The molecule has 0 bridgehead atoms. The molecule has 0 spiro atoms. The number of para-hydroxylation sites is 1. The Labute approximate surface area is 168 Å². The van der Waals surface area contributed by atoms with Crippen LogP contribution in [0.2, 0.25) is 0 Å². The topological polar surface area (TPSA) is 117 Å². The first-order chi connectivity index (χ1) is 14.0. The summed E-state index contributed by atoms with van der Waals surface area (Å²) in [5.41, 5.74) is 9.35. The third-order valence-electron chi connectivity index (χ3n) is 4.77. The van der Waals surface area contributed by atoms with Gasteiger partial charge in [-0.1, -0.05) is 23.4 Å². The molecule has 0 saturated carbocycles. The number of benzene rings is 1. The van der Waals surface area contributed by atoms with Crippen LogP contribution >= 0.6 is 0 Å². The number of nitrogens with one attached hydrogen (secondary N) is 1. The lowest BCUT2D eigenvalue weighted by molar-refractivity contribution is -0.123. The van der Waals surface area contributed by atoms with Gasteiger partial charge in [0.05, 0.1) is 24.5 Å². The van der Waals surface area contributed by atoms with Crippen LogP contribution < -0.4 is 11.1 Å². The summed E-state index contributed by atoms with van der Waals surface area (Å²) in [6, 6.07) is 7.20. The first kappa shape index (κ1) is 20.1. The summed E-state index contributed by atoms with van der Waals surface area (Å²) < 4.78 is 5.11. The van der Waals surface area contributed by atoms with Crippen LogP contribution in [0.4, 0.5) is 10.5 Å². The average Bonchev–Trinajstić information content (AvgIpc) is 3.18. The molecule has 3 rings (SSSR count). The van der Waals surface area contributed by atoms with E-state index in [0.717, 1.165) is 27.4 Å². The van der Waals surface area contributed by atoms with Gasteiger partial charge in [-0.15, -0.1) is 0 Å². The molecule has 152 valence electrons. The van der Waals surface area contributed by atoms with E-state index in [4.69, 9.17) is 10.3 Å². The molecular formula is C20H24N6O3. The molecule has 9 nitrogen and oxygen atoms in total. The number of imide groups is 1. The smallest absolute Gasteiger partial charge is 0.332 e. The molecule has 1 aromatic carbocycles. The molecule has 0 atom stereocenters. The number of hydrogen-bond acceptors (Lipinski definition) is 7. The highest BCUT2D eigenvalue weighted by Gasteiger charge is 2.38. The summed E-state index contributed by atoms with van der Waals surface area (Å²) in [6.45, 7) is 4.24. The number of aromatic nitrogens is 1. The molecule has 3 N–H and O–H groups in total. The number of rotatable bonds is 7. The molecule has 2 heterocycles. The molecule has 0 aliphatic carbocycles. The Hall–Kier alpha value is -3.62. The quantitative estimate of drug-likeness (QED) is 0.547. The van der Waals surface area contributed by atoms with E-state index >= 15 is 0 Å². The number of aryl methyl sites for hydroxylation is 2. The van der Waals surface area contributed by atoms with Crippen LogP contribution in [0.5, 0.6) is 0 Å². The van der Waals surface area contributed by atoms with Gasteiger partial charge < -0.3 is 20.5 Å². The van der Waals surface area contributed by atoms with Gasteiger partial charge in [0, 0.05) is 30.7 Å². The third-order valence-corrected chi connectivity index (χ3v) is 4.77. The molecule has 0 radical (unpaired) electrons. The van der Waals surface area contributed by atoms with Crippen molar-refractivity contribution in [1.82, 2.24) is 15.0 Å². The molecule has 1 saturated heterocycles. The summed E-state index contributed by atoms with van der Waals surface area (Å²) in [4.78, 5) is 32.2. The van der Waals surface area contributed by atoms with E-state index in [9.17, 15) is 9.59 Å². The summed E-state index contributed by atoms with van der Waals surface area (Å²) in [6.07, 6.45) is 2.63. The van der Waals surface area contributed by atoms with Gasteiger partial charge in [-0.2, -0.15) is 0 Å². The maximum atomic E-state index is 12.8. The Morgan fingerprint density at radius 3 is 2.76 bits per heavy atom. The second kappa shape index (κ2) is 8.59. The van der Waals surface area contributed by atoms with Gasteiger partial charge in [0.2, 0.25) is 0 Å². The number of urea groups is 1. The molecule has 1 aliphatic rings. The van der Waals surface area contributed by atoms with Gasteiger partial charge >= 0.3 is 6.03 Å². The van der Waals surface area contributed by atoms with E-state index in [1.54, 1.807) is 6.92 Å². The van der Waals surface area contributed by atoms with E-state index in [1.807, 2.05) is 38.2 Å². The molecule has 1 aliphatic heterocycles. The van der Waals surface area contributed by atoms with Crippen molar-refractivity contribution in [2.75, 3.05) is 18.9 Å². The van der Waals surface area contributed by atoms with Crippen molar-refractivity contribution in [3.05, 3.63) is 58.7 Å². The Morgan fingerprint density at radius 2 is 2.10 bits per heavy atom. The zero-order chi connectivity index (χ0) is 21.0. The van der Waals surface area contributed by atoms with E-state index < -0.39 is 6.03 Å². The number of carbonyl (C=O) groups excluding carboxylic acids is 2. The van der Waals surface area contributed by atoms with Crippen molar-refractivity contribution in [2.45, 2.75) is 26.9 Å². The molecule has 2 aromatic rings. The van der Waals surface area contributed by atoms with Crippen LogP contribution in [0, 0.1) is 13.8 Å². The predicted octanol–water partition coefficient (Wildman–Crippen LogP) is 2.17. The van der Waals surface area contributed by atoms with Crippen LogP contribution in [0.25, 0.3) is 0 Å². The van der Waals surface area contributed by atoms with Crippen LogP contribution in [0.1, 0.15) is 22.6 Å². The zero-order valence-corrected chi connectivity index (χ0v) is 16.7. The summed E-state index contributed by atoms with van der Waals surface area (Å²) in [5.74, 6) is 0.332. The SMILES string of the molecule is CNc1ccccc1CN1CC(=O)N(C(C=NCc2c(C)noc2C)=CN)C1=O. The molecule has 0 unspecified atom stereocenters. The van der Waals surface area contributed by atoms with Crippen molar-refractivity contribution in [3.63, 3.8) is 0 Å². The fourth-order valence-electron chi connectivity index (χ4n) is 3.17. The maximum Gasteiger partial charge on any atom is 0.332 e.